The molecule has 0 aliphatic heterocycles. The summed E-state index contributed by atoms with van der Waals surface area (Å²) >= 11 is 0. The van der Waals surface area contributed by atoms with E-state index in [0.717, 1.165) is 57.8 Å². The highest BCUT2D eigenvalue weighted by Gasteiger charge is 2.38. The summed E-state index contributed by atoms with van der Waals surface area (Å²) in [6.45, 7) is 2.21. The van der Waals surface area contributed by atoms with E-state index in [1.165, 1.54) is 25.7 Å². The lowest BCUT2D eigenvalue weighted by molar-refractivity contribution is -0.137. The Balaban J connectivity index is 2.21. The zero-order chi connectivity index (χ0) is 17.8. The SMILES string of the molecule is CCCCCCCC(O)[C@@H]1CCC(O)[C@@H]1CCCCCCC(=O)O. The number of aliphatic hydroxyl groups is 2. The van der Waals surface area contributed by atoms with Crippen molar-refractivity contribution in [3.8, 4) is 0 Å². The van der Waals surface area contributed by atoms with Gasteiger partial charge >= 0.3 is 5.97 Å². The first-order valence-corrected chi connectivity index (χ1v) is 10.1. The Morgan fingerprint density at radius 1 is 1.00 bits per heavy atom. The molecule has 1 fully saturated rings. The molecule has 0 amide bonds. The van der Waals surface area contributed by atoms with E-state index in [4.69, 9.17) is 5.11 Å². The predicted molar refractivity (Wildman–Crippen MR) is 96.9 cm³/mol. The summed E-state index contributed by atoms with van der Waals surface area (Å²) in [5.41, 5.74) is 0. The summed E-state index contributed by atoms with van der Waals surface area (Å²) in [6, 6.07) is 0. The van der Waals surface area contributed by atoms with Crippen LogP contribution in [0.4, 0.5) is 0 Å². The summed E-state index contributed by atoms with van der Waals surface area (Å²) in [7, 11) is 0. The Kier molecular flexibility index (Phi) is 11.4. The van der Waals surface area contributed by atoms with Crippen LogP contribution in [0.3, 0.4) is 0 Å². The number of aliphatic carboxylic acids is 1. The van der Waals surface area contributed by atoms with Crippen molar-refractivity contribution in [3.63, 3.8) is 0 Å². The molecule has 1 rings (SSSR count). The minimum absolute atomic E-state index is 0.232. The highest BCUT2D eigenvalue weighted by molar-refractivity contribution is 5.66. The zero-order valence-corrected chi connectivity index (χ0v) is 15.5. The maximum absolute atomic E-state index is 10.5. The molecule has 0 aromatic rings. The maximum Gasteiger partial charge on any atom is 0.303 e. The van der Waals surface area contributed by atoms with Crippen molar-refractivity contribution >= 4 is 5.97 Å². The standard InChI is InChI=1S/C20H38O4/c1-2-3-4-5-9-12-18(21)17-14-15-19(22)16(17)11-8-6-7-10-13-20(23)24/h16-19,21-22H,2-15H2,1H3,(H,23,24)/t16-,17-,18?,19?/m1/s1. The van der Waals surface area contributed by atoms with Crippen molar-refractivity contribution < 1.29 is 20.1 Å². The third kappa shape index (κ3) is 8.48. The minimum Gasteiger partial charge on any atom is -0.481 e. The van der Waals surface area contributed by atoms with E-state index in [9.17, 15) is 15.0 Å². The molecule has 1 aliphatic carbocycles. The van der Waals surface area contributed by atoms with Crippen molar-refractivity contribution in [1.82, 2.24) is 0 Å². The first kappa shape index (κ1) is 21.4. The highest BCUT2D eigenvalue weighted by Crippen LogP contribution is 2.39. The number of hydrogen-bond acceptors (Lipinski definition) is 3. The zero-order valence-electron chi connectivity index (χ0n) is 15.5. The van der Waals surface area contributed by atoms with Gasteiger partial charge in [-0.1, -0.05) is 58.3 Å². The molecule has 24 heavy (non-hydrogen) atoms. The molecule has 0 bridgehead atoms. The van der Waals surface area contributed by atoms with Gasteiger partial charge in [0.15, 0.2) is 0 Å². The van der Waals surface area contributed by atoms with Crippen LogP contribution >= 0.6 is 0 Å². The largest absolute Gasteiger partial charge is 0.481 e. The van der Waals surface area contributed by atoms with Crippen LogP contribution in [-0.2, 0) is 4.79 Å². The summed E-state index contributed by atoms with van der Waals surface area (Å²) in [4.78, 5) is 10.5. The summed E-state index contributed by atoms with van der Waals surface area (Å²) < 4.78 is 0. The molecular formula is C20H38O4. The van der Waals surface area contributed by atoms with Crippen molar-refractivity contribution in [3.05, 3.63) is 0 Å². The molecule has 0 heterocycles. The van der Waals surface area contributed by atoms with Crippen molar-refractivity contribution in [2.24, 2.45) is 11.8 Å². The van der Waals surface area contributed by atoms with Gasteiger partial charge in [-0.05, 0) is 43.9 Å². The van der Waals surface area contributed by atoms with Gasteiger partial charge < -0.3 is 15.3 Å². The van der Waals surface area contributed by atoms with Gasteiger partial charge in [-0.2, -0.15) is 0 Å². The summed E-state index contributed by atoms with van der Waals surface area (Å²) in [5, 5.41) is 29.4. The number of hydrogen-bond donors (Lipinski definition) is 3. The lowest BCUT2D eigenvalue weighted by atomic mass is 9.84. The quantitative estimate of drug-likeness (QED) is 0.406. The van der Waals surface area contributed by atoms with Gasteiger partial charge in [0.2, 0.25) is 0 Å². The molecule has 1 aliphatic rings. The van der Waals surface area contributed by atoms with Gasteiger partial charge in [0.05, 0.1) is 12.2 Å². The second-order valence-electron chi connectivity index (χ2n) is 7.59. The van der Waals surface area contributed by atoms with E-state index >= 15 is 0 Å². The Bertz CT molecular complexity index is 332. The van der Waals surface area contributed by atoms with Gasteiger partial charge in [-0.25, -0.2) is 0 Å². The molecule has 0 aromatic carbocycles. The second kappa shape index (κ2) is 12.7. The first-order valence-electron chi connectivity index (χ1n) is 10.1. The lowest BCUT2D eigenvalue weighted by Crippen LogP contribution is -2.28. The van der Waals surface area contributed by atoms with Crippen LogP contribution in [0.5, 0.6) is 0 Å². The fraction of sp³-hybridized carbons (Fsp3) is 0.950. The molecule has 4 atom stereocenters. The molecule has 0 aromatic heterocycles. The van der Waals surface area contributed by atoms with Gasteiger partial charge in [0, 0.05) is 6.42 Å². The van der Waals surface area contributed by atoms with Crippen LogP contribution in [0.1, 0.15) is 96.8 Å². The molecule has 1 saturated carbocycles. The molecule has 0 spiro atoms. The Hall–Kier alpha value is -0.610. The Morgan fingerprint density at radius 2 is 1.67 bits per heavy atom. The predicted octanol–water partition coefficient (Wildman–Crippen LogP) is 4.52. The molecule has 4 nitrogen and oxygen atoms in total. The molecule has 3 N–H and O–H groups in total. The third-order valence-corrected chi connectivity index (χ3v) is 5.62. The second-order valence-corrected chi connectivity index (χ2v) is 7.59. The smallest absolute Gasteiger partial charge is 0.303 e. The molecule has 0 radical (unpaired) electrons. The average molecular weight is 343 g/mol. The number of carboxylic acid groups (broad SMARTS) is 1. The van der Waals surface area contributed by atoms with E-state index < -0.39 is 5.97 Å². The number of carbonyl (C=O) groups is 1. The summed E-state index contributed by atoms with van der Waals surface area (Å²) in [6.07, 6.45) is 13.2. The van der Waals surface area contributed by atoms with Gasteiger partial charge in [-0.15, -0.1) is 0 Å². The topological polar surface area (TPSA) is 77.8 Å². The van der Waals surface area contributed by atoms with Crippen molar-refractivity contribution in [2.75, 3.05) is 0 Å². The van der Waals surface area contributed by atoms with E-state index in [2.05, 4.69) is 6.92 Å². The molecular weight excluding hydrogens is 304 g/mol. The molecule has 2 unspecified atom stereocenters. The maximum atomic E-state index is 10.5. The van der Waals surface area contributed by atoms with Crippen LogP contribution in [0.2, 0.25) is 0 Å². The monoisotopic (exact) mass is 342 g/mol. The molecule has 0 saturated heterocycles. The van der Waals surface area contributed by atoms with Crippen LogP contribution < -0.4 is 0 Å². The van der Waals surface area contributed by atoms with E-state index in [1.54, 1.807) is 0 Å². The van der Waals surface area contributed by atoms with Crippen LogP contribution in [0.25, 0.3) is 0 Å². The van der Waals surface area contributed by atoms with Crippen molar-refractivity contribution in [2.45, 2.75) is 109 Å². The fourth-order valence-electron chi connectivity index (χ4n) is 4.14. The normalized spacial score (nSPS) is 25.0. The number of unbranched alkanes of at least 4 members (excludes halogenated alkanes) is 7. The number of rotatable bonds is 14. The molecule has 142 valence electrons. The Morgan fingerprint density at radius 3 is 2.38 bits per heavy atom. The van der Waals surface area contributed by atoms with Gasteiger partial charge in [-0.3, -0.25) is 4.79 Å². The van der Waals surface area contributed by atoms with E-state index in [-0.39, 0.29) is 30.5 Å². The number of aliphatic hydroxyl groups excluding tert-OH is 2. The lowest BCUT2D eigenvalue weighted by Gasteiger charge is -2.26. The van der Waals surface area contributed by atoms with Gasteiger partial charge in [0.1, 0.15) is 0 Å². The first-order chi connectivity index (χ1) is 11.6. The van der Waals surface area contributed by atoms with E-state index in [0.29, 0.717) is 0 Å². The molecule has 4 heteroatoms. The number of carboxylic acids is 1. The average Bonchev–Trinajstić information content (AvgIpc) is 2.91. The van der Waals surface area contributed by atoms with E-state index in [1.807, 2.05) is 0 Å². The Labute approximate surface area is 147 Å². The fourth-order valence-corrected chi connectivity index (χ4v) is 4.14. The minimum atomic E-state index is -0.719. The van der Waals surface area contributed by atoms with Crippen LogP contribution in [0, 0.1) is 11.8 Å². The highest BCUT2D eigenvalue weighted by atomic mass is 16.4. The van der Waals surface area contributed by atoms with Gasteiger partial charge in [0.25, 0.3) is 0 Å². The third-order valence-electron chi connectivity index (χ3n) is 5.62. The summed E-state index contributed by atoms with van der Waals surface area (Å²) in [5.74, 6) is -0.233. The van der Waals surface area contributed by atoms with Crippen LogP contribution in [0.15, 0.2) is 0 Å². The van der Waals surface area contributed by atoms with Crippen LogP contribution in [-0.4, -0.2) is 33.5 Å². The van der Waals surface area contributed by atoms with Crippen molar-refractivity contribution in [1.29, 1.82) is 0 Å².